The number of nitriles is 1. The maximum absolute atomic E-state index is 11.9. The number of nitrogens with one attached hydrogen (secondary N) is 2. The number of rotatable bonds is 3. The minimum Gasteiger partial charge on any atom is -0.354 e. The van der Waals surface area contributed by atoms with Gasteiger partial charge in [0.1, 0.15) is 6.07 Å². The van der Waals surface area contributed by atoms with E-state index in [0.29, 0.717) is 5.56 Å². The quantitative estimate of drug-likeness (QED) is 0.887. The Hall–Kier alpha value is -2.80. The van der Waals surface area contributed by atoms with Crippen LogP contribution in [0.5, 0.6) is 0 Å². The van der Waals surface area contributed by atoms with Crippen molar-refractivity contribution in [2.45, 2.75) is 20.8 Å². The third-order valence-electron chi connectivity index (χ3n) is 3.15. The van der Waals surface area contributed by atoms with Gasteiger partial charge in [0.25, 0.3) is 0 Å². The van der Waals surface area contributed by atoms with Crippen molar-refractivity contribution in [1.29, 1.82) is 5.26 Å². The Kier molecular flexibility index (Phi) is 4.47. The van der Waals surface area contributed by atoms with Gasteiger partial charge in [0.2, 0.25) is 5.91 Å². The summed E-state index contributed by atoms with van der Waals surface area (Å²) in [5.74, 6) is -0.0250. The normalized spacial score (nSPS) is 10.6. The van der Waals surface area contributed by atoms with Crippen LogP contribution in [0.4, 0.5) is 17.1 Å². The molecule has 2 aromatic carbocycles. The minimum atomic E-state index is -0.428. The van der Waals surface area contributed by atoms with E-state index in [1.54, 1.807) is 6.07 Å². The second kappa shape index (κ2) is 6.31. The predicted octanol–water partition coefficient (Wildman–Crippen LogP) is 4.29. The second-order valence-electron chi connectivity index (χ2n) is 6.06. The molecule has 1 amide bonds. The lowest BCUT2D eigenvalue weighted by Crippen LogP contribution is -2.27. The summed E-state index contributed by atoms with van der Waals surface area (Å²) in [5, 5.41) is 15.2. The highest BCUT2D eigenvalue weighted by molar-refractivity contribution is 5.94. The zero-order valence-corrected chi connectivity index (χ0v) is 13.0. The van der Waals surface area contributed by atoms with Crippen molar-refractivity contribution in [3.8, 4) is 6.07 Å². The monoisotopic (exact) mass is 293 g/mol. The number of para-hydroxylation sites is 1. The van der Waals surface area contributed by atoms with Gasteiger partial charge in [-0.05, 0) is 36.4 Å². The topological polar surface area (TPSA) is 64.9 Å². The van der Waals surface area contributed by atoms with Crippen LogP contribution < -0.4 is 10.6 Å². The average Bonchev–Trinajstić information content (AvgIpc) is 2.49. The molecule has 0 aliphatic rings. The van der Waals surface area contributed by atoms with Crippen LogP contribution in [0.3, 0.4) is 0 Å². The van der Waals surface area contributed by atoms with E-state index in [9.17, 15) is 4.79 Å². The van der Waals surface area contributed by atoms with Crippen LogP contribution in [-0.4, -0.2) is 5.91 Å². The van der Waals surface area contributed by atoms with Crippen molar-refractivity contribution in [2.75, 3.05) is 10.6 Å². The van der Waals surface area contributed by atoms with Gasteiger partial charge < -0.3 is 10.6 Å². The molecule has 0 unspecified atom stereocenters. The molecule has 0 aliphatic heterocycles. The molecule has 2 rings (SSSR count). The third kappa shape index (κ3) is 3.86. The molecule has 2 aromatic rings. The molecular weight excluding hydrogens is 274 g/mol. The van der Waals surface area contributed by atoms with Gasteiger partial charge in [-0.15, -0.1) is 0 Å². The second-order valence-corrected chi connectivity index (χ2v) is 6.06. The van der Waals surface area contributed by atoms with Gasteiger partial charge in [-0.1, -0.05) is 32.9 Å². The Balaban J connectivity index is 2.10. The van der Waals surface area contributed by atoms with Crippen LogP contribution in [0.25, 0.3) is 0 Å². The molecule has 0 aliphatic carbocycles. The standard InChI is InChI=1S/C18H19N3O/c1-18(2,3)17(22)21-15-10-8-14(9-11-15)20-16-7-5-4-6-13(16)12-19/h4-11,20H,1-3H3,(H,21,22). The first-order chi connectivity index (χ1) is 10.4. The fraction of sp³-hybridized carbons (Fsp3) is 0.222. The summed E-state index contributed by atoms with van der Waals surface area (Å²) >= 11 is 0. The molecule has 22 heavy (non-hydrogen) atoms. The van der Waals surface area contributed by atoms with Gasteiger partial charge in [-0.3, -0.25) is 4.79 Å². The summed E-state index contributed by atoms with van der Waals surface area (Å²) in [6.07, 6.45) is 0. The number of hydrogen-bond donors (Lipinski definition) is 2. The van der Waals surface area contributed by atoms with Gasteiger partial charge in [0.05, 0.1) is 11.3 Å². The van der Waals surface area contributed by atoms with Gasteiger partial charge in [0.15, 0.2) is 0 Å². The smallest absolute Gasteiger partial charge is 0.229 e. The summed E-state index contributed by atoms with van der Waals surface area (Å²) < 4.78 is 0. The maximum atomic E-state index is 11.9. The van der Waals surface area contributed by atoms with E-state index in [0.717, 1.165) is 17.1 Å². The molecule has 112 valence electrons. The fourth-order valence-electron chi connectivity index (χ4n) is 1.80. The summed E-state index contributed by atoms with van der Waals surface area (Å²) in [6.45, 7) is 5.62. The Morgan fingerprint density at radius 1 is 1.00 bits per heavy atom. The molecule has 0 fully saturated rings. The molecule has 4 nitrogen and oxygen atoms in total. The molecule has 4 heteroatoms. The molecule has 0 atom stereocenters. The molecular formula is C18H19N3O. The first-order valence-electron chi connectivity index (χ1n) is 7.08. The van der Waals surface area contributed by atoms with Crippen LogP contribution in [0.2, 0.25) is 0 Å². The number of amides is 1. The van der Waals surface area contributed by atoms with E-state index in [2.05, 4.69) is 16.7 Å². The molecule has 0 saturated carbocycles. The highest BCUT2D eigenvalue weighted by Gasteiger charge is 2.20. The van der Waals surface area contributed by atoms with E-state index in [1.165, 1.54) is 0 Å². The maximum Gasteiger partial charge on any atom is 0.229 e. The molecule has 0 heterocycles. The Labute approximate surface area is 130 Å². The van der Waals surface area contributed by atoms with Crippen molar-refractivity contribution in [1.82, 2.24) is 0 Å². The number of anilines is 3. The SMILES string of the molecule is CC(C)(C)C(=O)Nc1ccc(Nc2ccccc2C#N)cc1. The lowest BCUT2D eigenvalue weighted by atomic mass is 9.95. The molecule has 0 radical (unpaired) electrons. The lowest BCUT2D eigenvalue weighted by Gasteiger charge is -2.18. The first-order valence-corrected chi connectivity index (χ1v) is 7.08. The van der Waals surface area contributed by atoms with Crippen molar-refractivity contribution >= 4 is 23.0 Å². The number of carbonyl (C=O) groups excluding carboxylic acids is 1. The van der Waals surface area contributed by atoms with Gasteiger partial charge >= 0.3 is 0 Å². The molecule has 0 aromatic heterocycles. The molecule has 2 N–H and O–H groups in total. The van der Waals surface area contributed by atoms with Crippen LogP contribution in [0.1, 0.15) is 26.3 Å². The van der Waals surface area contributed by atoms with Crippen LogP contribution in [0, 0.1) is 16.7 Å². The highest BCUT2D eigenvalue weighted by atomic mass is 16.2. The van der Waals surface area contributed by atoms with Crippen LogP contribution in [-0.2, 0) is 4.79 Å². The minimum absolute atomic E-state index is 0.0250. The summed E-state index contributed by atoms with van der Waals surface area (Å²) in [5.41, 5.74) is 2.53. The lowest BCUT2D eigenvalue weighted by molar-refractivity contribution is -0.123. The van der Waals surface area contributed by atoms with E-state index in [4.69, 9.17) is 5.26 Å². The number of carbonyl (C=O) groups is 1. The Bertz CT molecular complexity index is 706. The van der Waals surface area contributed by atoms with Crippen molar-refractivity contribution in [2.24, 2.45) is 5.41 Å². The molecule has 0 spiro atoms. The Morgan fingerprint density at radius 3 is 2.18 bits per heavy atom. The first kappa shape index (κ1) is 15.6. The van der Waals surface area contributed by atoms with Gasteiger partial charge in [-0.25, -0.2) is 0 Å². The number of nitrogens with zero attached hydrogens (tertiary/aromatic N) is 1. The molecule has 0 saturated heterocycles. The van der Waals surface area contributed by atoms with E-state index in [1.807, 2.05) is 63.2 Å². The highest BCUT2D eigenvalue weighted by Crippen LogP contribution is 2.23. The van der Waals surface area contributed by atoms with Crippen molar-refractivity contribution < 1.29 is 4.79 Å². The zero-order valence-electron chi connectivity index (χ0n) is 13.0. The van der Waals surface area contributed by atoms with Crippen molar-refractivity contribution in [3.05, 3.63) is 54.1 Å². The third-order valence-corrected chi connectivity index (χ3v) is 3.15. The summed E-state index contributed by atoms with van der Waals surface area (Å²) in [4.78, 5) is 11.9. The van der Waals surface area contributed by atoms with E-state index >= 15 is 0 Å². The van der Waals surface area contributed by atoms with Gasteiger partial charge in [-0.2, -0.15) is 5.26 Å². The van der Waals surface area contributed by atoms with Crippen molar-refractivity contribution in [3.63, 3.8) is 0 Å². The van der Waals surface area contributed by atoms with Crippen LogP contribution in [0.15, 0.2) is 48.5 Å². The van der Waals surface area contributed by atoms with E-state index < -0.39 is 5.41 Å². The Morgan fingerprint density at radius 2 is 1.59 bits per heavy atom. The molecule has 0 bridgehead atoms. The van der Waals surface area contributed by atoms with Crippen LogP contribution >= 0.6 is 0 Å². The predicted molar refractivity (Wildman–Crippen MR) is 89.0 cm³/mol. The number of benzene rings is 2. The van der Waals surface area contributed by atoms with Gasteiger partial charge in [0, 0.05) is 16.8 Å². The largest absolute Gasteiger partial charge is 0.354 e. The number of hydrogen-bond acceptors (Lipinski definition) is 3. The zero-order chi connectivity index (χ0) is 16.2. The van der Waals surface area contributed by atoms with E-state index in [-0.39, 0.29) is 5.91 Å². The summed E-state index contributed by atoms with van der Waals surface area (Å²) in [6, 6.07) is 16.9. The average molecular weight is 293 g/mol. The summed E-state index contributed by atoms with van der Waals surface area (Å²) in [7, 11) is 0. The fourth-order valence-corrected chi connectivity index (χ4v) is 1.80.